The molecular formula is C15H18ClNO3. The number of carbonyl (C=O) groups excluding carboxylic acids is 1. The van der Waals surface area contributed by atoms with Gasteiger partial charge in [0.2, 0.25) is 6.41 Å². The molecule has 1 N–H and O–H groups in total. The first-order valence-electron chi connectivity index (χ1n) is 6.78. The van der Waals surface area contributed by atoms with Crippen LogP contribution in [0.25, 0.3) is 0 Å². The monoisotopic (exact) mass is 295 g/mol. The molecule has 1 amide bonds. The Morgan fingerprint density at radius 2 is 2.05 bits per heavy atom. The van der Waals surface area contributed by atoms with E-state index in [0.29, 0.717) is 30.0 Å². The van der Waals surface area contributed by atoms with E-state index in [0.717, 1.165) is 12.8 Å². The van der Waals surface area contributed by atoms with E-state index >= 15 is 0 Å². The number of carbonyl (C=O) groups is 2. The first-order valence-corrected chi connectivity index (χ1v) is 7.16. The molecule has 1 aliphatic carbocycles. The summed E-state index contributed by atoms with van der Waals surface area (Å²) in [6, 6.07) is 6.76. The zero-order chi connectivity index (χ0) is 14.8. The summed E-state index contributed by atoms with van der Waals surface area (Å²) in [7, 11) is 0. The summed E-state index contributed by atoms with van der Waals surface area (Å²) >= 11 is 5.88. The van der Waals surface area contributed by atoms with Gasteiger partial charge < -0.3 is 10.0 Å². The van der Waals surface area contributed by atoms with Crippen molar-refractivity contribution in [3.63, 3.8) is 0 Å². The molecule has 1 fully saturated rings. The van der Waals surface area contributed by atoms with Gasteiger partial charge in [0.1, 0.15) is 0 Å². The van der Waals surface area contributed by atoms with Gasteiger partial charge >= 0.3 is 5.97 Å². The van der Waals surface area contributed by atoms with Crippen LogP contribution in [0.4, 0.5) is 0 Å². The molecule has 1 unspecified atom stereocenters. The van der Waals surface area contributed by atoms with Crippen LogP contribution in [-0.2, 0) is 15.1 Å². The molecule has 1 saturated carbocycles. The van der Waals surface area contributed by atoms with Crippen molar-refractivity contribution in [3.05, 3.63) is 34.9 Å². The number of hydrogen-bond acceptors (Lipinski definition) is 2. The molecule has 1 aliphatic rings. The topological polar surface area (TPSA) is 57.6 Å². The van der Waals surface area contributed by atoms with Gasteiger partial charge in [0.05, 0.1) is 0 Å². The number of nitrogens with zero attached hydrogens (tertiary/aromatic N) is 1. The number of rotatable bonds is 7. The highest BCUT2D eigenvalue weighted by atomic mass is 35.5. The second-order valence-electron chi connectivity index (χ2n) is 5.15. The maximum Gasteiger partial charge on any atom is 0.334 e. The molecule has 0 heterocycles. The number of amides is 1. The molecular weight excluding hydrogens is 278 g/mol. The van der Waals surface area contributed by atoms with Crippen LogP contribution < -0.4 is 0 Å². The molecule has 0 saturated heterocycles. The van der Waals surface area contributed by atoms with E-state index in [1.54, 1.807) is 24.3 Å². The Balaban J connectivity index is 2.54. The Morgan fingerprint density at radius 1 is 1.45 bits per heavy atom. The normalized spacial score (nSPS) is 17.3. The van der Waals surface area contributed by atoms with E-state index in [2.05, 4.69) is 0 Å². The van der Waals surface area contributed by atoms with Gasteiger partial charge in [-0.25, -0.2) is 4.79 Å². The molecule has 0 spiro atoms. The second-order valence-corrected chi connectivity index (χ2v) is 5.59. The molecule has 0 aromatic heterocycles. The van der Waals surface area contributed by atoms with Gasteiger partial charge in [-0.1, -0.05) is 30.7 Å². The molecule has 4 nitrogen and oxygen atoms in total. The smallest absolute Gasteiger partial charge is 0.334 e. The highest BCUT2D eigenvalue weighted by molar-refractivity contribution is 6.30. The van der Waals surface area contributed by atoms with E-state index in [4.69, 9.17) is 11.6 Å². The Morgan fingerprint density at radius 3 is 2.45 bits per heavy atom. The molecule has 1 aromatic carbocycles. The maximum atomic E-state index is 12.0. The average Bonchev–Trinajstić information content (AvgIpc) is 3.25. The Kier molecular flexibility index (Phi) is 4.33. The van der Waals surface area contributed by atoms with E-state index in [9.17, 15) is 14.7 Å². The van der Waals surface area contributed by atoms with Crippen molar-refractivity contribution >= 4 is 24.0 Å². The van der Waals surface area contributed by atoms with Crippen molar-refractivity contribution < 1.29 is 14.7 Å². The predicted molar refractivity (Wildman–Crippen MR) is 76.6 cm³/mol. The molecule has 20 heavy (non-hydrogen) atoms. The van der Waals surface area contributed by atoms with E-state index < -0.39 is 11.5 Å². The van der Waals surface area contributed by atoms with Gasteiger partial charge in [-0.2, -0.15) is 0 Å². The minimum atomic E-state index is -1.26. The van der Waals surface area contributed by atoms with Crippen LogP contribution >= 0.6 is 11.6 Å². The van der Waals surface area contributed by atoms with Crippen LogP contribution in [0.5, 0.6) is 0 Å². The zero-order valence-corrected chi connectivity index (χ0v) is 12.1. The summed E-state index contributed by atoms with van der Waals surface area (Å²) in [5.74, 6) is -0.999. The molecule has 108 valence electrons. The third-order valence-corrected chi connectivity index (χ3v) is 4.08. The van der Waals surface area contributed by atoms with Gasteiger partial charge in [0, 0.05) is 11.6 Å². The lowest BCUT2D eigenvalue weighted by Gasteiger charge is -2.39. The van der Waals surface area contributed by atoms with Gasteiger partial charge in [0.25, 0.3) is 0 Å². The van der Waals surface area contributed by atoms with Crippen LogP contribution in [0, 0.1) is 5.92 Å². The van der Waals surface area contributed by atoms with E-state index in [1.807, 2.05) is 6.92 Å². The van der Waals surface area contributed by atoms with Crippen molar-refractivity contribution in [1.29, 1.82) is 0 Å². The fourth-order valence-corrected chi connectivity index (χ4v) is 2.94. The Labute approximate surface area is 123 Å². The fraction of sp³-hybridized carbons (Fsp3) is 0.467. The molecule has 5 heteroatoms. The van der Waals surface area contributed by atoms with Crippen LogP contribution in [0.1, 0.15) is 31.7 Å². The minimum Gasteiger partial charge on any atom is -0.479 e. The second kappa shape index (κ2) is 5.83. The van der Waals surface area contributed by atoms with Crippen molar-refractivity contribution in [1.82, 2.24) is 4.90 Å². The highest BCUT2D eigenvalue weighted by Crippen LogP contribution is 2.49. The van der Waals surface area contributed by atoms with Gasteiger partial charge in [-0.15, -0.1) is 0 Å². The number of aliphatic carboxylic acids is 1. The minimum absolute atomic E-state index is 0.0297. The Bertz CT molecular complexity index is 498. The van der Waals surface area contributed by atoms with Crippen molar-refractivity contribution in [2.45, 2.75) is 31.7 Å². The number of carboxylic acids is 1. The zero-order valence-electron chi connectivity index (χ0n) is 11.4. The standard InChI is InChI=1S/C15H18ClNO3/c1-2-9-17(10-18)15(14(19)20,11-3-4-11)12-5-7-13(16)8-6-12/h5-8,10-11H,2-4,9H2,1H3,(H,19,20). The van der Waals surface area contributed by atoms with Crippen LogP contribution in [0.15, 0.2) is 24.3 Å². The lowest BCUT2D eigenvalue weighted by atomic mass is 9.83. The predicted octanol–water partition coefficient (Wildman–Crippen LogP) is 2.90. The first-order chi connectivity index (χ1) is 9.57. The van der Waals surface area contributed by atoms with Crippen LogP contribution in [0.2, 0.25) is 5.02 Å². The van der Waals surface area contributed by atoms with Crippen molar-refractivity contribution in [2.75, 3.05) is 6.54 Å². The lowest BCUT2D eigenvalue weighted by Crippen LogP contribution is -2.53. The van der Waals surface area contributed by atoms with Crippen molar-refractivity contribution in [2.24, 2.45) is 5.92 Å². The largest absolute Gasteiger partial charge is 0.479 e. The van der Waals surface area contributed by atoms with Gasteiger partial charge in [-0.05, 0) is 42.9 Å². The summed E-state index contributed by atoms with van der Waals surface area (Å²) in [6.07, 6.45) is 3.02. The molecule has 2 rings (SSSR count). The van der Waals surface area contributed by atoms with Crippen molar-refractivity contribution in [3.8, 4) is 0 Å². The van der Waals surface area contributed by atoms with Gasteiger partial charge in [-0.3, -0.25) is 4.79 Å². The third kappa shape index (κ3) is 2.40. The SMILES string of the molecule is CCCN(C=O)C(C(=O)O)(c1ccc(Cl)cc1)C1CC1. The highest BCUT2D eigenvalue weighted by Gasteiger charge is 2.56. The third-order valence-electron chi connectivity index (χ3n) is 3.82. The van der Waals surface area contributed by atoms with E-state index in [1.165, 1.54) is 4.90 Å². The van der Waals surface area contributed by atoms with Crippen LogP contribution in [0.3, 0.4) is 0 Å². The quantitative estimate of drug-likeness (QED) is 0.787. The molecule has 0 bridgehead atoms. The van der Waals surface area contributed by atoms with Crippen LogP contribution in [-0.4, -0.2) is 28.9 Å². The van der Waals surface area contributed by atoms with Gasteiger partial charge in [0.15, 0.2) is 5.54 Å². The Hall–Kier alpha value is -1.55. The summed E-state index contributed by atoms with van der Waals surface area (Å²) in [6.45, 7) is 2.35. The first kappa shape index (κ1) is 14.9. The molecule has 0 aliphatic heterocycles. The maximum absolute atomic E-state index is 12.0. The number of carboxylic acid groups (broad SMARTS) is 1. The summed E-state index contributed by atoms with van der Waals surface area (Å²) in [5.41, 5.74) is -0.639. The summed E-state index contributed by atoms with van der Waals surface area (Å²) in [4.78, 5) is 24.9. The average molecular weight is 296 g/mol. The fourth-order valence-electron chi connectivity index (χ4n) is 2.82. The van der Waals surface area contributed by atoms with E-state index in [-0.39, 0.29) is 5.92 Å². The summed E-state index contributed by atoms with van der Waals surface area (Å²) in [5, 5.41) is 10.4. The number of halogens is 1. The summed E-state index contributed by atoms with van der Waals surface area (Å²) < 4.78 is 0. The number of hydrogen-bond donors (Lipinski definition) is 1. The lowest BCUT2D eigenvalue weighted by molar-refractivity contribution is -0.158. The molecule has 1 aromatic rings. The molecule has 0 radical (unpaired) electrons. The number of benzene rings is 1. The molecule has 1 atom stereocenters.